The van der Waals surface area contributed by atoms with Gasteiger partial charge in [-0.2, -0.15) is 0 Å². The third kappa shape index (κ3) is 3.18. The molecule has 0 aromatic heterocycles. The molecule has 0 saturated heterocycles. The first kappa shape index (κ1) is 12.8. The van der Waals surface area contributed by atoms with Gasteiger partial charge in [0.25, 0.3) is 0 Å². The maximum atomic E-state index is 13.2. The number of halogens is 2. The van der Waals surface area contributed by atoms with Crippen LogP contribution in [0.15, 0.2) is 18.2 Å². The van der Waals surface area contributed by atoms with Crippen LogP contribution in [0.25, 0.3) is 0 Å². The summed E-state index contributed by atoms with van der Waals surface area (Å²) >= 11 is 5.89. The fraction of sp³-hybridized carbons (Fsp3) is 0.538. The van der Waals surface area contributed by atoms with Gasteiger partial charge in [0.2, 0.25) is 0 Å². The van der Waals surface area contributed by atoms with Gasteiger partial charge >= 0.3 is 0 Å². The van der Waals surface area contributed by atoms with Crippen LogP contribution in [-0.4, -0.2) is 19.3 Å². The molecule has 0 radical (unpaired) electrons. The lowest BCUT2D eigenvalue weighted by Gasteiger charge is -2.13. The lowest BCUT2D eigenvalue weighted by Crippen LogP contribution is -2.26. The van der Waals surface area contributed by atoms with Crippen molar-refractivity contribution in [1.29, 1.82) is 0 Å². The Bertz CT molecular complexity index is 386. The van der Waals surface area contributed by atoms with E-state index >= 15 is 0 Å². The molecule has 0 heterocycles. The molecule has 1 aliphatic rings. The summed E-state index contributed by atoms with van der Waals surface area (Å²) in [6.07, 6.45) is 3.57. The molecule has 0 bridgehead atoms. The second-order valence-electron chi connectivity index (χ2n) is 4.46. The van der Waals surface area contributed by atoms with Crippen LogP contribution < -0.4 is 5.32 Å². The van der Waals surface area contributed by atoms with E-state index in [0.29, 0.717) is 18.7 Å². The fourth-order valence-corrected chi connectivity index (χ4v) is 2.47. The van der Waals surface area contributed by atoms with Crippen LogP contribution in [0.2, 0.25) is 5.02 Å². The first-order chi connectivity index (χ1) is 8.20. The summed E-state index contributed by atoms with van der Waals surface area (Å²) in [7, 11) is 1.75. The second-order valence-corrected chi connectivity index (χ2v) is 4.84. The molecule has 2 nitrogen and oxygen atoms in total. The van der Waals surface area contributed by atoms with E-state index in [4.69, 9.17) is 16.3 Å². The zero-order valence-corrected chi connectivity index (χ0v) is 10.6. The average Bonchev–Trinajstić information content (AvgIpc) is 2.79. The van der Waals surface area contributed by atoms with Crippen LogP contribution in [-0.2, 0) is 11.3 Å². The van der Waals surface area contributed by atoms with Crippen molar-refractivity contribution in [3.8, 4) is 0 Å². The Kier molecular flexibility index (Phi) is 4.37. The highest BCUT2D eigenvalue weighted by atomic mass is 35.5. The van der Waals surface area contributed by atoms with Crippen LogP contribution in [0, 0.1) is 5.82 Å². The molecule has 1 aromatic rings. The Morgan fingerprint density at radius 1 is 1.47 bits per heavy atom. The van der Waals surface area contributed by atoms with E-state index in [9.17, 15) is 4.39 Å². The van der Waals surface area contributed by atoms with Crippen LogP contribution in [0.5, 0.6) is 0 Å². The first-order valence-corrected chi connectivity index (χ1v) is 6.27. The molecule has 2 atom stereocenters. The minimum atomic E-state index is -0.354. The number of nitrogens with one attached hydrogen (secondary N) is 1. The maximum absolute atomic E-state index is 13.2. The summed E-state index contributed by atoms with van der Waals surface area (Å²) in [5.74, 6) is -0.354. The normalized spacial score (nSPS) is 24.2. The molecule has 1 aliphatic carbocycles. The van der Waals surface area contributed by atoms with E-state index < -0.39 is 0 Å². The molecule has 4 heteroatoms. The minimum Gasteiger partial charge on any atom is -0.381 e. The molecule has 17 heavy (non-hydrogen) atoms. The van der Waals surface area contributed by atoms with Crippen molar-refractivity contribution in [2.45, 2.75) is 38.0 Å². The first-order valence-electron chi connectivity index (χ1n) is 5.89. The lowest BCUT2D eigenvalue weighted by molar-refractivity contribution is 0.107. The Morgan fingerprint density at radius 2 is 2.29 bits per heavy atom. The van der Waals surface area contributed by atoms with Gasteiger partial charge in [-0.05, 0) is 30.9 Å². The molecular weight excluding hydrogens is 241 g/mol. The van der Waals surface area contributed by atoms with Crippen LogP contribution in [0.4, 0.5) is 4.39 Å². The van der Waals surface area contributed by atoms with Gasteiger partial charge < -0.3 is 10.1 Å². The van der Waals surface area contributed by atoms with Crippen LogP contribution >= 0.6 is 11.6 Å². The van der Waals surface area contributed by atoms with Gasteiger partial charge in [0.05, 0.1) is 11.1 Å². The van der Waals surface area contributed by atoms with E-state index in [1.54, 1.807) is 13.2 Å². The van der Waals surface area contributed by atoms with Crippen molar-refractivity contribution in [3.63, 3.8) is 0 Å². The molecule has 94 valence electrons. The van der Waals surface area contributed by atoms with Crippen molar-refractivity contribution in [2.75, 3.05) is 7.11 Å². The summed E-state index contributed by atoms with van der Waals surface area (Å²) in [6, 6.07) is 5.35. The average molecular weight is 258 g/mol. The van der Waals surface area contributed by atoms with Crippen LogP contribution in [0.3, 0.4) is 0 Å². The van der Waals surface area contributed by atoms with Gasteiger partial charge in [-0.25, -0.2) is 4.39 Å². The molecule has 0 spiro atoms. The summed E-state index contributed by atoms with van der Waals surface area (Å²) in [5.41, 5.74) is 0.813. The Hall–Kier alpha value is -0.640. The van der Waals surface area contributed by atoms with E-state index in [-0.39, 0.29) is 10.8 Å². The van der Waals surface area contributed by atoms with Crippen LogP contribution in [0.1, 0.15) is 24.8 Å². The topological polar surface area (TPSA) is 21.3 Å². The maximum Gasteiger partial charge on any atom is 0.142 e. The second kappa shape index (κ2) is 5.80. The molecule has 1 saturated carbocycles. The lowest BCUT2D eigenvalue weighted by atomic mass is 10.2. The fourth-order valence-electron chi connectivity index (χ4n) is 2.28. The van der Waals surface area contributed by atoms with Gasteiger partial charge in [0.1, 0.15) is 5.82 Å². The van der Waals surface area contributed by atoms with E-state index in [2.05, 4.69) is 5.32 Å². The Balaban J connectivity index is 1.88. The number of ether oxygens (including phenoxy) is 1. The van der Waals surface area contributed by atoms with Gasteiger partial charge in [-0.15, -0.1) is 0 Å². The van der Waals surface area contributed by atoms with Crippen molar-refractivity contribution >= 4 is 11.6 Å². The predicted molar refractivity (Wildman–Crippen MR) is 66.7 cm³/mol. The van der Waals surface area contributed by atoms with E-state index in [1.165, 1.54) is 6.07 Å². The minimum absolute atomic E-state index is 0.223. The quantitative estimate of drug-likeness (QED) is 0.895. The number of rotatable bonds is 4. The van der Waals surface area contributed by atoms with Crippen molar-refractivity contribution in [3.05, 3.63) is 34.6 Å². The summed E-state index contributed by atoms with van der Waals surface area (Å²) < 4.78 is 18.5. The van der Waals surface area contributed by atoms with Gasteiger partial charge in [0.15, 0.2) is 0 Å². The van der Waals surface area contributed by atoms with Crippen molar-refractivity contribution < 1.29 is 9.13 Å². The van der Waals surface area contributed by atoms with E-state index in [0.717, 1.165) is 24.8 Å². The predicted octanol–water partition coefficient (Wildman–Crippen LogP) is 3.14. The highest BCUT2D eigenvalue weighted by Gasteiger charge is 2.23. The molecule has 1 N–H and O–H groups in total. The van der Waals surface area contributed by atoms with Crippen molar-refractivity contribution in [1.82, 2.24) is 5.32 Å². The van der Waals surface area contributed by atoms with Gasteiger partial charge in [-0.1, -0.05) is 23.7 Å². The third-order valence-corrected chi connectivity index (χ3v) is 3.75. The summed E-state index contributed by atoms with van der Waals surface area (Å²) in [6.45, 7) is 0.609. The molecule has 2 unspecified atom stereocenters. The monoisotopic (exact) mass is 257 g/mol. The summed E-state index contributed by atoms with van der Waals surface area (Å²) in [5, 5.41) is 3.62. The number of methoxy groups -OCH3 is 1. The molecule has 1 aromatic carbocycles. The summed E-state index contributed by atoms with van der Waals surface area (Å²) in [4.78, 5) is 0. The highest BCUT2D eigenvalue weighted by molar-refractivity contribution is 6.31. The highest BCUT2D eigenvalue weighted by Crippen LogP contribution is 2.23. The third-order valence-electron chi connectivity index (χ3n) is 3.33. The van der Waals surface area contributed by atoms with Crippen molar-refractivity contribution in [2.24, 2.45) is 0 Å². The SMILES string of the molecule is COC1CCC(NCc2cccc(F)c2Cl)C1. The standard InChI is InChI=1S/C13H17ClFNO/c1-17-11-6-5-10(7-11)16-8-9-3-2-4-12(15)13(9)14/h2-4,10-11,16H,5-8H2,1H3. The Labute approximate surface area is 106 Å². The number of hydrogen-bond acceptors (Lipinski definition) is 2. The number of hydrogen-bond donors (Lipinski definition) is 1. The van der Waals surface area contributed by atoms with Gasteiger partial charge in [0, 0.05) is 19.7 Å². The molecular formula is C13H17ClFNO. The zero-order chi connectivity index (χ0) is 12.3. The largest absolute Gasteiger partial charge is 0.381 e. The van der Waals surface area contributed by atoms with Gasteiger partial charge in [-0.3, -0.25) is 0 Å². The zero-order valence-electron chi connectivity index (χ0n) is 9.88. The number of benzene rings is 1. The molecule has 0 amide bonds. The molecule has 0 aliphatic heterocycles. The molecule has 1 fully saturated rings. The van der Waals surface area contributed by atoms with E-state index in [1.807, 2.05) is 6.07 Å². The Morgan fingerprint density at radius 3 is 3.00 bits per heavy atom. The molecule has 2 rings (SSSR count). The smallest absolute Gasteiger partial charge is 0.142 e.